The molecule has 0 saturated carbocycles. The van der Waals surface area contributed by atoms with Crippen LogP contribution in [0.15, 0.2) is 12.1 Å². The molecule has 0 aliphatic heterocycles. The maximum atomic E-state index is 9.73. The van der Waals surface area contributed by atoms with E-state index in [1.54, 1.807) is 6.07 Å². The molecule has 0 bridgehead atoms. The summed E-state index contributed by atoms with van der Waals surface area (Å²) in [6, 6.07) is 3.80. The summed E-state index contributed by atoms with van der Waals surface area (Å²) in [4.78, 5) is 2.07. The lowest BCUT2D eigenvalue weighted by Crippen LogP contribution is -2.12. The second-order valence-corrected chi connectivity index (χ2v) is 3.94. The van der Waals surface area contributed by atoms with Gasteiger partial charge in [-0.15, -0.1) is 0 Å². The molecular formula is C12H19NO. The van der Waals surface area contributed by atoms with Crippen LogP contribution in [-0.2, 0) is 13.0 Å². The summed E-state index contributed by atoms with van der Waals surface area (Å²) in [5.74, 6) is 0.411. The smallest absolute Gasteiger partial charge is 0.120 e. The molecule has 0 amide bonds. The van der Waals surface area contributed by atoms with Gasteiger partial charge in [-0.1, -0.05) is 13.0 Å². The van der Waals surface area contributed by atoms with E-state index in [-0.39, 0.29) is 0 Å². The molecule has 0 radical (unpaired) electrons. The summed E-state index contributed by atoms with van der Waals surface area (Å²) >= 11 is 0. The molecule has 0 atom stereocenters. The van der Waals surface area contributed by atoms with Gasteiger partial charge in [-0.05, 0) is 44.6 Å². The minimum absolute atomic E-state index is 0.411. The Balaban J connectivity index is 3.11. The molecule has 1 N–H and O–H groups in total. The van der Waals surface area contributed by atoms with Gasteiger partial charge in [0, 0.05) is 12.1 Å². The predicted molar refractivity (Wildman–Crippen MR) is 59.6 cm³/mol. The lowest BCUT2D eigenvalue weighted by Gasteiger charge is -2.16. The van der Waals surface area contributed by atoms with Crippen molar-refractivity contribution >= 4 is 0 Å². The Morgan fingerprint density at radius 2 is 1.93 bits per heavy atom. The first-order chi connectivity index (χ1) is 6.56. The van der Waals surface area contributed by atoms with Crippen molar-refractivity contribution in [3.63, 3.8) is 0 Å². The van der Waals surface area contributed by atoms with Crippen molar-refractivity contribution in [2.24, 2.45) is 0 Å². The molecule has 2 heteroatoms. The Kier molecular flexibility index (Phi) is 3.53. The molecule has 1 rings (SSSR count). The van der Waals surface area contributed by atoms with Crippen LogP contribution in [0.3, 0.4) is 0 Å². The van der Waals surface area contributed by atoms with Crippen LogP contribution in [0.2, 0.25) is 0 Å². The Labute approximate surface area is 86.2 Å². The van der Waals surface area contributed by atoms with Gasteiger partial charge in [0.25, 0.3) is 0 Å². The number of hydrogen-bond acceptors (Lipinski definition) is 2. The summed E-state index contributed by atoms with van der Waals surface area (Å²) in [6.45, 7) is 5.02. The molecule has 2 nitrogen and oxygen atoms in total. The Morgan fingerprint density at radius 3 is 2.43 bits per heavy atom. The number of phenolic OH excluding ortho intramolecular Hbond substituents is 1. The van der Waals surface area contributed by atoms with Crippen LogP contribution in [0, 0.1) is 6.92 Å². The van der Waals surface area contributed by atoms with Gasteiger partial charge >= 0.3 is 0 Å². The van der Waals surface area contributed by atoms with Crippen LogP contribution in [0.1, 0.15) is 23.6 Å². The molecule has 78 valence electrons. The molecule has 1 aromatic rings. The standard InChI is InChI=1S/C12H19NO/c1-5-10-6-7-12(14)11(9(10)2)8-13(3)4/h6-7,14H,5,8H2,1-4H3. The summed E-state index contributed by atoms with van der Waals surface area (Å²) in [7, 11) is 4.02. The van der Waals surface area contributed by atoms with E-state index < -0.39 is 0 Å². The second kappa shape index (κ2) is 4.47. The van der Waals surface area contributed by atoms with Gasteiger partial charge in [-0.2, -0.15) is 0 Å². The lowest BCUT2D eigenvalue weighted by molar-refractivity contribution is 0.384. The number of phenols is 1. The fraction of sp³-hybridized carbons (Fsp3) is 0.500. The molecule has 0 saturated heterocycles. The van der Waals surface area contributed by atoms with Gasteiger partial charge in [0.15, 0.2) is 0 Å². The molecule has 0 heterocycles. The predicted octanol–water partition coefficient (Wildman–Crippen LogP) is 2.32. The topological polar surface area (TPSA) is 23.5 Å². The normalized spacial score (nSPS) is 10.9. The highest BCUT2D eigenvalue weighted by atomic mass is 16.3. The third-order valence-corrected chi connectivity index (χ3v) is 2.54. The molecule has 0 fully saturated rings. The van der Waals surface area contributed by atoms with E-state index in [1.807, 2.05) is 20.2 Å². The number of aryl methyl sites for hydroxylation is 1. The molecule has 0 aromatic heterocycles. The van der Waals surface area contributed by atoms with Crippen molar-refractivity contribution in [2.45, 2.75) is 26.8 Å². The van der Waals surface area contributed by atoms with Crippen LogP contribution >= 0.6 is 0 Å². The minimum atomic E-state index is 0.411. The van der Waals surface area contributed by atoms with Gasteiger partial charge in [0.05, 0.1) is 0 Å². The van der Waals surface area contributed by atoms with Crippen molar-refractivity contribution in [3.8, 4) is 5.75 Å². The number of rotatable bonds is 3. The third kappa shape index (κ3) is 2.26. The van der Waals surface area contributed by atoms with E-state index in [4.69, 9.17) is 0 Å². The summed E-state index contributed by atoms with van der Waals surface area (Å²) in [5, 5.41) is 9.73. The van der Waals surface area contributed by atoms with Gasteiger partial charge in [0.2, 0.25) is 0 Å². The Bertz CT molecular complexity index is 318. The van der Waals surface area contributed by atoms with E-state index in [0.29, 0.717) is 5.75 Å². The second-order valence-electron chi connectivity index (χ2n) is 3.94. The highest BCUT2D eigenvalue weighted by molar-refractivity contribution is 5.43. The molecular weight excluding hydrogens is 174 g/mol. The van der Waals surface area contributed by atoms with Crippen molar-refractivity contribution in [1.29, 1.82) is 0 Å². The average Bonchev–Trinajstić information content (AvgIpc) is 2.12. The summed E-state index contributed by atoms with van der Waals surface area (Å²) in [6.07, 6.45) is 1.02. The van der Waals surface area contributed by atoms with Gasteiger partial charge in [-0.3, -0.25) is 0 Å². The molecule has 14 heavy (non-hydrogen) atoms. The van der Waals surface area contributed by atoms with Crippen LogP contribution in [0.4, 0.5) is 0 Å². The number of hydrogen-bond donors (Lipinski definition) is 1. The maximum Gasteiger partial charge on any atom is 0.120 e. The molecule has 0 aliphatic carbocycles. The fourth-order valence-electron chi connectivity index (χ4n) is 1.69. The van der Waals surface area contributed by atoms with Crippen molar-refractivity contribution < 1.29 is 5.11 Å². The zero-order chi connectivity index (χ0) is 10.7. The molecule has 0 spiro atoms. The highest BCUT2D eigenvalue weighted by Gasteiger charge is 2.08. The van der Waals surface area contributed by atoms with Crippen LogP contribution in [0.25, 0.3) is 0 Å². The van der Waals surface area contributed by atoms with Crippen molar-refractivity contribution in [2.75, 3.05) is 14.1 Å². The first-order valence-corrected chi connectivity index (χ1v) is 5.01. The third-order valence-electron chi connectivity index (χ3n) is 2.54. The van der Waals surface area contributed by atoms with E-state index in [2.05, 4.69) is 18.7 Å². The van der Waals surface area contributed by atoms with E-state index in [0.717, 1.165) is 18.5 Å². The number of nitrogens with zero attached hydrogens (tertiary/aromatic N) is 1. The van der Waals surface area contributed by atoms with Crippen LogP contribution in [0.5, 0.6) is 5.75 Å². The monoisotopic (exact) mass is 193 g/mol. The lowest BCUT2D eigenvalue weighted by atomic mass is 9.99. The summed E-state index contributed by atoms with van der Waals surface area (Å²) in [5.41, 5.74) is 3.59. The van der Waals surface area contributed by atoms with Gasteiger partial charge < -0.3 is 10.0 Å². The van der Waals surface area contributed by atoms with E-state index in [9.17, 15) is 5.11 Å². The quantitative estimate of drug-likeness (QED) is 0.796. The number of benzene rings is 1. The van der Waals surface area contributed by atoms with Gasteiger partial charge in [-0.25, -0.2) is 0 Å². The SMILES string of the molecule is CCc1ccc(O)c(CN(C)C)c1C. The Morgan fingerprint density at radius 1 is 1.29 bits per heavy atom. The molecule has 1 aromatic carbocycles. The zero-order valence-electron chi connectivity index (χ0n) is 9.46. The largest absolute Gasteiger partial charge is 0.508 e. The van der Waals surface area contributed by atoms with E-state index >= 15 is 0 Å². The summed E-state index contributed by atoms with van der Waals surface area (Å²) < 4.78 is 0. The first kappa shape index (κ1) is 11.1. The maximum absolute atomic E-state index is 9.73. The zero-order valence-corrected chi connectivity index (χ0v) is 9.46. The average molecular weight is 193 g/mol. The highest BCUT2D eigenvalue weighted by Crippen LogP contribution is 2.25. The minimum Gasteiger partial charge on any atom is -0.508 e. The number of aromatic hydroxyl groups is 1. The van der Waals surface area contributed by atoms with Crippen molar-refractivity contribution in [1.82, 2.24) is 4.90 Å². The molecule has 0 aliphatic rings. The van der Waals surface area contributed by atoms with Crippen LogP contribution in [-0.4, -0.2) is 24.1 Å². The Hall–Kier alpha value is -1.02. The van der Waals surface area contributed by atoms with Crippen molar-refractivity contribution in [3.05, 3.63) is 28.8 Å². The van der Waals surface area contributed by atoms with E-state index in [1.165, 1.54) is 11.1 Å². The molecule has 0 unspecified atom stereocenters. The van der Waals surface area contributed by atoms with Gasteiger partial charge in [0.1, 0.15) is 5.75 Å². The fourth-order valence-corrected chi connectivity index (χ4v) is 1.69. The first-order valence-electron chi connectivity index (χ1n) is 5.01. The van der Waals surface area contributed by atoms with Crippen LogP contribution < -0.4 is 0 Å².